The summed E-state index contributed by atoms with van der Waals surface area (Å²) in [5.41, 5.74) is 0.178. The summed E-state index contributed by atoms with van der Waals surface area (Å²) in [5, 5.41) is 5.00. The Kier molecular flexibility index (Phi) is 6.27. The molecule has 9 nitrogen and oxygen atoms in total. The zero-order valence-corrected chi connectivity index (χ0v) is 19.0. The number of halogens is 3. The van der Waals surface area contributed by atoms with Gasteiger partial charge in [-0.1, -0.05) is 0 Å². The molecule has 1 saturated heterocycles. The number of aryl methyl sites for hydroxylation is 1. The van der Waals surface area contributed by atoms with Gasteiger partial charge in [0.1, 0.15) is 23.3 Å². The van der Waals surface area contributed by atoms with Crippen molar-refractivity contribution in [3.63, 3.8) is 0 Å². The molecular weight excluding hydrogens is 477 g/mol. The highest BCUT2D eigenvalue weighted by atomic mass is 32.2. The fourth-order valence-electron chi connectivity index (χ4n) is 3.88. The van der Waals surface area contributed by atoms with Gasteiger partial charge in [0.25, 0.3) is 0 Å². The summed E-state index contributed by atoms with van der Waals surface area (Å²) < 4.78 is 79.4. The molecule has 2 heterocycles. The fourth-order valence-corrected chi connectivity index (χ4v) is 4.42. The van der Waals surface area contributed by atoms with Crippen molar-refractivity contribution in [3.05, 3.63) is 47.3 Å². The number of sulfonamides is 1. The summed E-state index contributed by atoms with van der Waals surface area (Å²) in [7, 11) is -3.11. The van der Waals surface area contributed by atoms with Crippen molar-refractivity contribution in [2.75, 3.05) is 26.8 Å². The number of ether oxygens (including phenoxy) is 2. The number of carbonyl (C=O) groups excluding carboxylic acids is 1. The summed E-state index contributed by atoms with van der Waals surface area (Å²) in [4.78, 5) is 16.9. The number of aromatic nitrogens is 2. The van der Waals surface area contributed by atoms with E-state index in [9.17, 15) is 26.4 Å². The van der Waals surface area contributed by atoms with Gasteiger partial charge in [0, 0.05) is 12.6 Å². The molecule has 1 aromatic heterocycles. The monoisotopic (exact) mass is 498 g/mol. The highest BCUT2D eigenvalue weighted by Gasteiger charge is 2.29. The number of nitrogens with two attached hydrogens (primary N) is 1. The van der Waals surface area contributed by atoms with Crippen LogP contribution in [-0.2, 0) is 26.0 Å². The molecule has 0 unspecified atom stereocenters. The van der Waals surface area contributed by atoms with E-state index in [-0.39, 0.29) is 42.1 Å². The van der Waals surface area contributed by atoms with Gasteiger partial charge in [-0.15, -0.1) is 0 Å². The molecule has 182 valence electrons. The van der Waals surface area contributed by atoms with Crippen molar-refractivity contribution in [2.45, 2.75) is 24.5 Å². The zero-order chi connectivity index (χ0) is 24.8. The van der Waals surface area contributed by atoms with Crippen LogP contribution in [0.15, 0.2) is 29.2 Å². The molecule has 1 aliphatic heterocycles. The Morgan fingerprint density at radius 2 is 1.88 bits per heavy atom. The standard InChI is InChI=1S/C21H21F3N4O5S/c1-11-5-17-18(8-14(11)22)28(10-12-9-27(3-4-33-12)21(29)32-2)20(26-17)19-15(23)6-13(7-16(19)24)34(25,30)31/h5-8,12H,3-4,9-10H2,1-2H3,(H2,25,30,31)/t12-/m1/s1. The smallest absolute Gasteiger partial charge is 0.409 e. The second-order valence-corrected chi connectivity index (χ2v) is 9.41. The maximum atomic E-state index is 15.0. The maximum Gasteiger partial charge on any atom is 0.409 e. The lowest BCUT2D eigenvalue weighted by molar-refractivity contribution is -0.0310. The van der Waals surface area contributed by atoms with Crippen LogP contribution in [0, 0.1) is 24.4 Å². The molecule has 1 atom stereocenters. The Balaban J connectivity index is 1.85. The van der Waals surface area contributed by atoms with Crippen molar-refractivity contribution in [3.8, 4) is 11.4 Å². The van der Waals surface area contributed by atoms with E-state index >= 15 is 0 Å². The van der Waals surface area contributed by atoms with Crippen LogP contribution in [0.25, 0.3) is 22.4 Å². The molecule has 3 aromatic rings. The van der Waals surface area contributed by atoms with Gasteiger partial charge in [-0.3, -0.25) is 0 Å². The van der Waals surface area contributed by atoms with E-state index in [4.69, 9.17) is 14.6 Å². The van der Waals surface area contributed by atoms with E-state index in [0.717, 1.165) is 0 Å². The molecule has 34 heavy (non-hydrogen) atoms. The summed E-state index contributed by atoms with van der Waals surface area (Å²) in [6, 6.07) is 3.82. The first-order chi connectivity index (χ1) is 16.0. The van der Waals surface area contributed by atoms with Gasteiger partial charge in [0.15, 0.2) is 0 Å². The van der Waals surface area contributed by atoms with Crippen molar-refractivity contribution >= 4 is 27.1 Å². The Morgan fingerprint density at radius 1 is 1.21 bits per heavy atom. The second-order valence-electron chi connectivity index (χ2n) is 7.85. The molecule has 2 aromatic carbocycles. The Morgan fingerprint density at radius 3 is 2.50 bits per heavy atom. The number of methoxy groups -OCH3 is 1. The molecule has 0 spiro atoms. The molecule has 1 amide bonds. The van der Waals surface area contributed by atoms with Crippen LogP contribution in [0.1, 0.15) is 5.56 Å². The number of amides is 1. The lowest BCUT2D eigenvalue weighted by Crippen LogP contribution is -2.47. The lowest BCUT2D eigenvalue weighted by Gasteiger charge is -2.32. The Bertz CT molecular complexity index is 1370. The number of hydrogen-bond acceptors (Lipinski definition) is 6. The van der Waals surface area contributed by atoms with Gasteiger partial charge >= 0.3 is 6.09 Å². The molecule has 4 rings (SSSR count). The number of imidazole rings is 1. The first-order valence-corrected chi connectivity index (χ1v) is 11.7. The van der Waals surface area contributed by atoms with Crippen LogP contribution in [0.5, 0.6) is 0 Å². The predicted molar refractivity (Wildman–Crippen MR) is 115 cm³/mol. The highest BCUT2D eigenvalue weighted by Crippen LogP contribution is 2.32. The van der Waals surface area contributed by atoms with E-state index in [1.54, 1.807) is 0 Å². The number of fused-ring (bicyclic) bond motifs is 1. The molecular formula is C21H21F3N4O5S. The Labute approximate surface area is 192 Å². The topological polar surface area (TPSA) is 117 Å². The van der Waals surface area contributed by atoms with Gasteiger partial charge in [-0.25, -0.2) is 36.5 Å². The van der Waals surface area contributed by atoms with Gasteiger partial charge < -0.3 is 18.9 Å². The molecule has 0 saturated carbocycles. The third kappa shape index (κ3) is 4.45. The quantitative estimate of drug-likeness (QED) is 0.591. The Hall–Kier alpha value is -3.16. The fraction of sp³-hybridized carbons (Fsp3) is 0.333. The van der Waals surface area contributed by atoms with E-state index in [2.05, 4.69) is 4.98 Å². The van der Waals surface area contributed by atoms with Crippen LogP contribution in [0.3, 0.4) is 0 Å². The molecule has 0 aliphatic carbocycles. The average Bonchev–Trinajstić information content (AvgIpc) is 3.09. The third-order valence-electron chi connectivity index (χ3n) is 5.55. The zero-order valence-electron chi connectivity index (χ0n) is 18.2. The molecule has 0 radical (unpaired) electrons. The molecule has 1 fully saturated rings. The van der Waals surface area contributed by atoms with E-state index in [0.29, 0.717) is 18.7 Å². The number of hydrogen-bond donors (Lipinski definition) is 1. The number of primary sulfonamides is 1. The van der Waals surface area contributed by atoms with E-state index in [1.807, 2.05) is 0 Å². The first kappa shape index (κ1) is 24.0. The minimum absolute atomic E-state index is 0.0301. The summed E-state index contributed by atoms with van der Waals surface area (Å²) in [5.74, 6) is -3.17. The minimum atomic E-state index is -4.36. The van der Waals surface area contributed by atoms with Crippen molar-refractivity contribution in [1.82, 2.24) is 14.5 Å². The van der Waals surface area contributed by atoms with E-state index < -0.39 is 50.1 Å². The number of nitrogens with zero attached hydrogens (tertiary/aromatic N) is 3. The second kappa shape index (κ2) is 8.89. The molecule has 13 heteroatoms. The minimum Gasteiger partial charge on any atom is -0.453 e. The third-order valence-corrected chi connectivity index (χ3v) is 6.45. The van der Waals surface area contributed by atoms with Crippen LogP contribution in [-0.4, -0.2) is 61.9 Å². The molecule has 0 bridgehead atoms. The van der Waals surface area contributed by atoms with Gasteiger partial charge in [-0.05, 0) is 30.7 Å². The van der Waals surface area contributed by atoms with E-state index in [1.165, 1.54) is 35.6 Å². The van der Waals surface area contributed by atoms with Gasteiger partial charge in [0.2, 0.25) is 10.0 Å². The van der Waals surface area contributed by atoms with Crippen molar-refractivity contribution in [2.24, 2.45) is 5.14 Å². The number of rotatable bonds is 4. The predicted octanol–water partition coefficient (Wildman–Crippen LogP) is 2.54. The number of morpholine rings is 1. The largest absolute Gasteiger partial charge is 0.453 e. The molecule has 1 aliphatic rings. The SMILES string of the molecule is COC(=O)N1CCO[C@@H](Cn2c(-c3c(F)cc(S(N)(=O)=O)cc3F)nc3cc(C)c(F)cc32)C1. The first-order valence-electron chi connectivity index (χ1n) is 10.1. The summed E-state index contributed by atoms with van der Waals surface area (Å²) in [6.07, 6.45) is -1.18. The normalized spacial score (nSPS) is 16.8. The van der Waals surface area contributed by atoms with Crippen LogP contribution < -0.4 is 5.14 Å². The number of carbonyl (C=O) groups is 1. The molecule has 2 N–H and O–H groups in total. The van der Waals surface area contributed by atoms with Crippen molar-refractivity contribution in [1.29, 1.82) is 0 Å². The highest BCUT2D eigenvalue weighted by molar-refractivity contribution is 7.89. The van der Waals surface area contributed by atoms with Crippen LogP contribution in [0.2, 0.25) is 0 Å². The maximum absolute atomic E-state index is 15.0. The average molecular weight is 498 g/mol. The lowest BCUT2D eigenvalue weighted by atomic mass is 10.1. The summed E-state index contributed by atoms with van der Waals surface area (Å²) >= 11 is 0. The van der Waals surface area contributed by atoms with Crippen molar-refractivity contribution < 1.29 is 35.9 Å². The van der Waals surface area contributed by atoms with Crippen LogP contribution in [0.4, 0.5) is 18.0 Å². The summed E-state index contributed by atoms with van der Waals surface area (Å²) in [6.45, 7) is 2.11. The number of benzene rings is 2. The van der Waals surface area contributed by atoms with Crippen LogP contribution >= 0.6 is 0 Å². The van der Waals surface area contributed by atoms with Gasteiger partial charge in [0.05, 0.1) is 54.4 Å². The van der Waals surface area contributed by atoms with Gasteiger partial charge in [-0.2, -0.15) is 0 Å².